The number of ether oxygens (including phenoxy) is 1. The molecule has 1 atom stereocenters. The van der Waals surface area contributed by atoms with E-state index in [1.807, 2.05) is 6.08 Å². The highest BCUT2D eigenvalue weighted by Gasteiger charge is 2.49. The Hall–Kier alpha value is -2.83. The minimum atomic E-state index is -6.52. The van der Waals surface area contributed by atoms with Gasteiger partial charge in [-0.25, -0.2) is 4.39 Å². The molecule has 0 fully saturated rings. The van der Waals surface area contributed by atoms with Gasteiger partial charge in [0.15, 0.2) is 11.5 Å². The molecule has 0 aliphatic heterocycles. The fourth-order valence-corrected chi connectivity index (χ4v) is 4.42. The van der Waals surface area contributed by atoms with Crippen molar-refractivity contribution in [2.45, 2.75) is 50.9 Å². The SMILES string of the molecule is CCCC1CC=C(c2ccc(-c3ccc(OC(F)(F)F)c(F)c3OS(=O)(=O)C(F)(F)F)c(F)c2)CC1. The first-order valence-electron chi connectivity index (χ1n) is 10.7. The Morgan fingerprint density at radius 3 is 2.19 bits per heavy atom. The lowest BCUT2D eigenvalue weighted by atomic mass is 9.84. The van der Waals surface area contributed by atoms with Gasteiger partial charge in [0, 0.05) is 11.1 Å². The number of rotatable bonds is 7. The first-order valence-corrected chi connectivity index (χ1v) is 12.1. The lowest BCUT2D eigenvalue weighted by Crippen LogP contribution is -2.28. The molecular weight excluding hydrogens is 524 g/mol. The van der Waals surface area contributed by atoms with Crippen LogP contribution < -0.4 is 8.92 Å². The number of hydrogen-bond acceptors (Lipinski definition) is 4. The molecule has 0 heterocycles. The first kappa shape index (κ1) is 27.8. The lowest BCUT2D eigenvalue weighted by molar-refractivity contribution is -0.275. The van der Waals surface area contributed by atoms with E-state index in [1.165, 1.54) is 6.07 Å². The van der Waals surface area contributed by atoms with Gasteiger partial charge in [0.1, 0.15) is 5.82 Å². The van der Waals surface area contributed by atoms with E-state index in [0.29, 0.717) is 30.0 Å². The van der Waals surface area contributed by atoms with Crippen LogP contribution in [0.5, 0.6) is 11.5 Å². The molecule has 0 spiro atoms. The molecule has 0 aromatic heterocycles. The van der Waals surface area contributed by atoms with Gasteiger partial charge in [0.25, 0.3) is 0 Å². The second-order valence-electron chi connectivity index (χ2n) is 8.14. The smallest absolute Gasteiger partial charge is 0.402 e. The first-order chi connectivity index (χ1) is 16.6. The normalized spacial score (nSPS) is 17.0. The van der Waals surface area contributed by atoms with Crippen LogP contribution in [-0.4, -0.2) is 20.3 Å². The Morgan fingerprint density at radius 1 is 1.00 bits per heavy atom. The summed E-state index contributed by atoms with van der Waals surface area (Å²) in [7, 11) is -6.52. The topological polar surface area (TPSA) is 52.6 Å². The van der Waals surface area contributed by atoms with E-state index in [9.17, 15) is 39.2 Å². The minimum Gasteiger partial charge on any atom is -0.402 e. The van der Waals surface area contributed by atoms with Crippen molar-refractivity contribution in [2.75, 3.05) is 0 Å². The van der Waals surface area contributed by atoms with E-state index < -0.39 is 56.2 Å². The highest BCUT2D eigenvalue weighted by atomic mass is 32.2. The van der Waals surface area contributed by atoms with Crippen LogP contribution in [0.3, 0.4) is 0 Å². The summed E-state index contributed by atoms with van der Waals surface area (Å²) < 4.78 is 136. The molecule has 0 saturated heterocycles. The Morgan fingerprint density at radius 2 is 1.67 bits per heavy atom. The molecule has 0 bridgehead atoms. The van der Waals surface area contributed by atoms with Crippen molar-refractivity contribution in [3.8, 4) is 22.6 Å². The van der Waals surface area contributed by atoms with E-state index in [0.717, 1.165) is 43.4 Å². The molecule has 0 amide bonds. The zero-order valence-corrected chi connectivity index (χ0v) is 19.5. The van der Waals surface area contributed by atoms with Gasteiger partial charge in [-0.2, -0.15) is 26.0 Å². The summed E-state index contributed by atoms with van der Waals surface area (Å²) in [5, 5.41) is 0. The maximum Gasteiger partial charge on any atom is 0.573 e. The second kappa shape index (κ2) is 10.3. The fraction of sp³-hybridized carbons (Fsp3) is 0.391. The number of halogens is 8. The summed E-state index contributed by atoms with van der Waals surface area (Å²) in [5.41, 5.74) is -6.22. The molecular formula is C23H20F8O4S. The van der Waals surface area contributed by atoms with E-state index in [4.69, 9.17) is 0 Å². The Kier molecular flexibility index (Phi) is 7.92. The van der Waals surface area contributed by atoms with Crippen molar-refractivity contribution in [1.82, 2.24) is 0 Å². The molecule has 1 unspecified atom stereocenters. The maximum absolute atomic E-state index is 15.1. The summed E-state index contributed by atoms with van der Waals surface area (Å²) in [4.78, 5) is 0. The highest BCUT2D eigenvalue weighted by molar-refractivity contribution is 7.88. The van der Waals surface area contributed by atoms with Gasteiger partial charge >= 0.3 is 22.0 Å². The Balaban J connectivity index is 2.06. The van der Waals surface area contributed by atoms with Crippen molar-refractivity contribution >= 4 is 15.7 Å². The predicted molar refractivity (Wildman–Crippen MR) is 114 cm³/mol. The molecule has 198 valence electrons. The third kappa shape index (κ3) is 6.29. The van der Waals surface area contributed by atoms with Gasteiger partial charge in [0.05, 0.1) is 0 Å². The number of alkyl halides is 6. The fourth-order valence-electron chi connectivity index (χ4n) is 3.95. The van der Waals surface area contributed by atoms with Gasteiger partial charge in [-0.05, 0) is 54.5 Å². The molecule has 3 rings (SSSR count). The molecule has 1 aliphatic carbocycles. The zero-order valence-electron chi connectivity index (χ0n) is 18.6. The van der Waals surface area contributed by atoms with Crippen LogP contribution in [0.2, 0.25) is 0 Å². The second-order valence-corrected chi connectivity index (χ2v) is 9.68. The van der Waals surface area contributed by atoms with Crippen LogP contribution in [-0.2, 0) is 10.1 Å². The van der Waals surface area contributed by atoms with Crippen LogP contribution in [0.4, 0.5) is 35.1 Å². The molecule has 2 aromatic carbocycles. The lowest BCUT2D eigenvalue weighted by Gasteiger charge is -2.22. The van der Waals surface area contributed by atoms with Crippen molar-refractivity contribution in [1.29, 1.82) is 0 Å². The monoisotopic (exact) mass is 544 g/mol. The minimum absolute atomic E-state index is 0.371. The summed E-state index contributed by atoms with van der Waals surface area (Å²) in [6, 6.07) is 4.41. The number of benzene rings is 2. The molecule has 13 heteroatoms. The quantitative estimate of drug-likeness (QED) is 0.203. The number of hydrogen-bond donors (Lipinski definition) is 0. The predicted octanol–water partition coefficient (Wildman–Crippen LogP) is 7.74. The van der Waals surface area contributed by atoms with Crippen molar-refractivity contribution in [3.05, 3.63) is 53.6 Å². The number of allylic oxidation sites excluding steroid dienone is 2. The Labute approximate surface area is 201 Å². The summed E-state index contributed by atoms with van der Waals surface area (Å²) in [6.07, 6.45) is 0.869. The van der Waals surface area contributed by atoms with E-state index in [1.54, 1.807) is 0 Å². The van der Waals surface area contributed by atoms with Crippen LogP contribution in [0, 0.1) is 17.6 Å². The van der Waals surface area contributed by atoms with Crippen LogP contribution in [0.25, 0.3) is 16.7 Å². The van der Waals surface area contributed by atoms with Gasteiger partial charge in [0.2, 0.25) is 5.82 Å². The third-order valence-electron chi connectivity index (χ3n) is 5.61. The third-order valence-corrected chi connectivity index (χ3v) is 6.56. The summed E-state index contributed by atoms with van der Waals surface area (Å²) >= 11 is 0. The van der Waals surface area contributed by atoms with Crippen molar-refractivity contribution in [3.63, 3.8) is 0 Å². The van der Waals surface area contributed by atoms with Gasteiger partial charge in [-0.3, -0.25) is 0 Å². The van der Waals surface area contributed by atoms with Crippen LogP contribution >= 0.6 is 0 Å². The van der Waals surface area contributed by atoms with E-state index in [-0.39, 0.29) is 0 Å². The van der Waals surface area contributed by atoms with E-state index in [2.05, 4.69) is 15.8 Å². The Bertz CT molecular complexity index is 1250. The van der Waals surface area contributed by atoms with Gasteiger partial charge in [-0.15, -0.1) is 13.2 Å². The summed E-state index contributed by atoms with van der Waals surface area (Å²) in [6.45, 7) is 2.07. The van der Waals surface area contributed by atoms with Crippen molar-refractivity contribution in [2.24, 2.45) is 5.92 Å². The molecule has 2 aromatic rings. The van der Waals surface area contributed by atoms with Gasteiger partial charge in [-0.1, -0.05) is 38.0 Å². The van der Waals surface area contributed by atoms with Crippen LogP contribution in [0.15, 0.2) is 36.4 Å². The van der Waals surface area contributed by atoms with Gasteiger partial charge < -0.3 is 8.92 Å². The summed E-state index contributed by atoms with van der Waals surface area (Å²) in [5.74, 6) is -6.25. The average molecular weight is 544 g/mol. The van der Waals surface area contributed by atoms with E-state index >= 15 is 4.39 Å². The molecule has 1 aliphatic rings. The maximum atomic E-state index is 15.1. The van der Waals surface area contributed by atoms with Crippen molar-refractivity contribution < 1.29 is 52.5 Å². The molecule has 36 heavy (non-hydrogen) atoms. The van der Waals surface area contributed by atoms with Crippen LogP contribution in [0.1, 0.15) is 44.6 Å². The average Bonchev–Trinajstić information content (AvgIpc) is 2.76. The molecule has 4 nitrogen and oxygen atoms in total. The zero-order chi connectivity index (χ0) is 26.9. The molecule has 0 radical (unpaired) electrons. The highest BCUT2D eigenvalue weighted by Crippen LogP contribution is 2.43. The largest absolute Gasteiger partial charge is 0.573 e. The molecule has 0 N–H and O–H groups in total. The standard InChI is InChI=1S/C23H20F8O4S/c1-2-3-13-4-6-14(7-5-13)15-8-9-16(18(24)12-15)17-10-11-19(34-22(26,27)28)20(25)21(17)35-36(32,33)23(29,30)31/h6,8-13H,2-5,7H2,1H3. The molecule has 0 saturated carbocycles.